The van der Waals surface area contributed by atoms with Gasteiger partial charge in [-0.1, -0.05) is 58.3 Å². The SMILES string of the molecule is CCCCCCCCCCCC(=O)CNC(C)C#N. The van der Waals surface area contributed by atoms with Gasteiger partial charge in [0.05, 0.1) is 18.7 Å². The molecule has 0 aromatic heterocycles. The number of nitriles is 1. The smallest absolute Gasteiger partial charge is 0.146 e. The van der Waals surface area contributed by atoms with Crippen molar-refractivity contribution in [3.8, 4) is 6.07 Å². The van der Waals surface area contributed by atoms with Crippen molar-refractivity contribution in [1.82, 2.24) is 5.32 Å². The van der Waals surface area contributed by atoms with E-state index in [4.69, 9.17) is 5.26 Å². The van der Waals surface area contributed by atoms with Gasteiger partial charge in [-0.25, -0.2) is 0 Å². The molecule has 0 spiro atoms. The zero-order valence-electron chi connectivity index (χ0n) is 12.7. The topological polar surface area (TPSA) is 52.9 Å². The standard InChI is InChI=1S/C16H30N2O/c1-3-4-5-6-7-8-9-10-11-12-16(19)14-18-15(2)13-17/h15,18H,3-12,14H2,1-2H3. The van der Waals surface area contributed by atoms with Gasteiger partial charge in [-0.3, -0.25) is 10.1 Å². The van der Waals surface area contributed by atoms with Crippen LogP contribution in [0.15, 0.2) is 0 Å². The van der Waals surface area contributed by atoms with Crippen LogP contribution in [-0.2, 0) is 4.79 Å². The molecule has 1 unspecified atom stereocenters. The van der Waals surface area contributed by atoms with E-state index in [0.717, 1.165) is 12.8 Å². The summed E-state index contributed by atoms with van der Waals surface area (Å²) in [6.45, 7) is 4.35. The number of hydrogen-bond acceptors (Lipinski definition) is 3. The monoisotopic (exact) mass is 266 g/mol. The first-order valence-electron chi connectivity index (χ1n) is 7.85. The summed E-state index contributed by atoms with van der Waals surface area (Å²) in [4.78, 5) is 11.5. The lowest BCUT2D eigenvalue weighted by Gasteiger charge is -2.05. The van der Waals surface area contributed by atoms with Crippen LogP contribution in [0.1, 0.15) is 78.1 Å². The Morgan fingerprint density at radius 3 is 2.11 bits per heavy atom. The lowest BCUT2D eigenvalue weighted by molar-refractivity contribution is -0.118. The lowest BCUT2D eigenvalue weighted by Crippen LogP contribution is -2.30. The summed E-state index contributed by atoms with van der Waals surface area (Å²) in [7, 11) is 0. The minimum atomic E-state index is -0.230. The summed E-state index contributed by atoms with van der Waals surface area (Å²) >= 11 is 0. The molecule has 0 fully saturated rings. The summed E-state index contributed by atoms with van der Waals surface area (Å²) < 4.78 is 0. The van der Waals surface area contributed by atoms with Crippen LogP contribution in [0, 0.1) is 11.3 Å². The minimum Gasteiger partial charge on any atom is -0.298 e. The molecule has 0 radical (unpaired) electrons. The molecule has 110 valence electrons. The lowest BCUT2D eigenvalue weighted by atomic mass is 10.1. The van der Waals surface area contributed by atoms with Crippen LogP contribution in [0.25, 0.3) is 0 Å². The molecule has 0 saturated carbocycles. The molecule has 3 nitrogen and oxygen atoms in total. The number of Topliss-reactive ketones (excluding diaryl/α,β-unsaturated/α-hetero) is 1. The first kappa shape index (κ1) is 18.1. The zero-order valence-corrected chi connectivity index (χ0v) is 12.7. The highest BCUT2D eigenvalue weighted by Gasteiger charge is 2.04. The maximum absolute atomic E-state index is 11.5. The van der Waals surface area contributed by atoms with Crippen molar-refractivity contribution < 1.29 is 4.79 Å². The Bertz CT molecular complexity index is 258. The summed E-state index contributed by atoms with van der Waals surface area (Å²) in [5, 5.41) is 11.5. The van der Waals surface area contributed by atoms with Gasteiger partial charge in [0.1, 0.15) is 5.78 Å². The van der Waals surface area contributed by atoms with Crippen molar-refractivity contribution in [2.45, 2.75) is 84.1 Å². The third-order valence-electron chi connectivity index (χ3n) is 3.36. The van der Waals surface area contributed by atoms with Gasteiger partial charge < -0.3 is 0 Å². The van der Waals surface area contributed by atoms with E-state index in [1.54, 1.807) is 6.92 Å². The Hall–Kier alpha value is -0.880. The number of rotatable bonds is 13. The number of unbranched alkanes of at least 4 members (excludes halogenated alkanes) is 8. The molecule has 1 N–H and O–H groups in total. The van der Waals surface area contributed by atoms with Crippen molar-refractivity contribution in [1.29, 1.82) is 5.26 Å². The normalized spacial score (nSPS) is 12.1. The zero-order chi connectivity index (χ0) is 14.3. The van der Waals surface area contributed by atoms with Gasteiger partial charge in [-0.05, 0) is 13.3 Å². The van der Waals surface area contributed by atoms with E-state index in [9.17, 15) is 4.79 Å². The summed E-state index contributed by atoms with van der Waals surface area (Å²) in [5.41, 5.74) is 0. The Morgan fingerprint density at radius 2 is 1.58 bits per heavy atom. The molecule has 0 amide bonds. The first-order chi connectivity index (χ1) is 9.20. The number of nitrogens with zero attached hydrogens (tertiary/aromatic N) is 1. The van der Waals surface area contributed by atoms with E-state index in [0.29, 0.717) is 13.0 Å². The van der Waals surface area contributed by atoms with Crippen LogP contribution in [0.3, 0.4) is 0 Å². The predicted molar refractivity (Wildman–Crippen MR) is 79.9 cm³/mol. The van der Waals surface area contributed by atoms with Crippen molar-refractivity contribution in [3.63, 3.8) is 0 Å². The molecule has 0 aliphatic rings. The third-order valence-corrected chi connectivity index (χ3v) is 3.36. The molecule has 0 aromatic rings. The van der Waals surface area contributed by atoms with Gasteiger partial charge in [0.25, 0.3) is 0 Å². The van der Waals surface area contributed by atoms with Crippen molar-refractivity contribution in [2.75, 3.05) is 6.54 Å². The largest absolute Gasteiger partial charge is 0.298 e. The van der Waals surface area contributed by atoms with Crippen LogP contribution in [0.4, 0.5) is 0 Å². The summed E-state index contributed by atoms with van der Waals surface area (Å²) in [6.07, 6.45) is 12.1. The maximum Gasteiger partial charge on any atom is 0.146 e. The molecule has 0 aliphatic carbocycles. The Morgan fingerprint density at radius 1 is 1.05 bits per heavy atom. The number of carbonyl (C=O) groups is 1. The fourth-order valence-electron chi connectivity index (χ4n) is 2.03. The van der Waals surface area contributed by atoms with Gasteiger partial charge in [0, 0.05) is 6.42 Å². The highest BCUT2D eigenvalue weighted by atomic mass is 16.1. The second-order valence-electron chi connectivity index (χ2n) is 5.35. The van der Waals surface area contributed by atoms with E-state index in [-0.39, 0.29) is 11.8 Å². The molecule has 0 aliphatic heterocycles. The summed E-state index contributed by atoms with van der Waals surface area (Å²) in [6, 6.07) is 1.83. The maximum atomic E-state index is 11.5. The van der Waals surface area contributed by atoms with E-state index in [1.165, 1.54) is 44.9 Å². The van der Waals surface area contributed by atoms with Crippen molar-refractivity contribution >= 4 is 5.78 Å². The van der Waals surface area contributed by atoms with Gasteiger partial charge in [-0.15, -0.1) is 0 Å². The highest BCUT2D eigenvalue weighted by molar-refractivity contribution is 5.80. The fourth-order valence-corrected chi connectivity index (χ4v) is 2.03. The molecule has 1 atom stereocenters. The van der Waals surface area contributed by atoms with Crippen LogP contribution in [0.2, 0.25) is 0 Å². The number of hydrogen-bond donors (Lipinski definition) is 1. The Labute approximate surface area is 118 Å². The van der Waals surface area contributed by atoms with Crippen LogP contribution >= 0.6 is 0 Å². The van der Waals surface area contributed by atoms with Gasteiger partial charge in [0.2, 0.25) is 0 Å². The minimum absolute atomic E-state index is 0.227. The number of ketones is 1. The molecule has 0 heterocycles. The quantitative estimate of drug-likeness (QED) is 0.513. The molecule has 0 saturated heterocycles. The number of nitrogens with one attached hydrogen (secondary N) is 1. The van der Waals surface area contributed by atoms with E-state index in [2.05, 4.69) is 18.3 Å². The highest BCUT2D eigenvalue weighted by Crippen LogP contribution is 2.10. The average molecular weight is 266 g/mol. The Balaban J connectivity index is 3.21. The van der Waals surface area contributed by atoms with Gasteiger partial charge >= 0.3 is 0 Å². The molecule has 0 bridgehead atoms. The van der Waals surface area contributed by atoms with E-state index < -0.39 is 0 Å². The van der Waals surface area contributed by atoms with Crippen LogP contribution in [-0.4, -0.2) is 18.4 Å². The van der Waals surface area contributed by atoms with E-state index >= 15 is 0 Å². The first-order valence-corrected chi connectivity index (χ1v) is 7.85. The second kappa shape index (κ2) is 13.5. The Kier molecular flexibility index (Phi) is 12.9. The molecule has 0 aromatic carbocycles. The van der Waals surface area contributed by atoms with Crippen molar-refractivity contribution in [3.05, 3.63) is 0 Å². The summed E-state index contributed by atoms with van der Waals surface area (Å²) in [5.74, 6) is 0.227. The molecular weight excluding hydrogens is 236 g/mol. The molecular formula is C16H30N2O. The second-order valence-corrected chi connectivity index (χ2v) is 5.35. The number of carbonyl (C=O) groups excluding carboxylic acids is 1. The van der Waals surface area contributed by atoms with Gasteiger partial charge in [0.15, 0.2) is 0 Å². The van der Waals surface area contributed by atoms with Gasteiger partial charge in [-0.2, -0.15) is 5.26 Å². The van der Waals surface area contributed by atoms with Crippen molar-refractivity contribution in [2.24, 2.45) is 0 Å². The van der Waals surface area contributed by atoms with Crippen LogP contribution in [0.5, 0.6) is 0 Å². The molecule has 3 heteroatoms. The predicted octanol–water partition coefficient (Wildman–Crippen LogP) is 3.98. The average Bonchev–Trinajstić information content (AvgIpc) is 2.42. The fraction of sp³-hybridized carbons (Fsp3) is 0.875. The van der Waals surface area contributed by atoms with Crippen LogP contribution < -0.4 is 5.32 Å². The molecule has 19 heavy (non-hydrogen) atoms. The molecule has 0 rings (SSSR count). The van der Waals surface area contributed by atoms with E-state index in [1.807, 2.05) is 0 Å². The third kappa shape index (κ3) is 13.4.